The lowest BCUT2D eigenvalue weighted by molar-refractivity contribution is -0.139. The van der Waals surface area contributed by atoms with Gasteiger partial charge in [0.05, 0.1) is 12.3 Å². The molecule has 2 rings (SSSR count). The summed E-state index contributed by atoms with van der Waals surface area (Å²) in [5, 5.41) is 8.79. The number of carbonyl (C=O) groups is 2. The van der Waals surface area contributed by atoms with Gasteiger partial charge in [0.1, 0.15) is 5.82 Å². The molecule has 5 nitrogen and oxygen atoms in total. The number of nitrogens with two attached hydrogens (primary N) is 1. The van der Waals surface area contributed by atoms with E-state index in [4.69, 9.17) is 10.8 Å². The third-order valence-electron chi connectivity index (χ3n) is 2.97. The largest absolute Gasteiger partial charge is 0.481 e. The lowest BCUT2D eigenvalue weighted by Crippen LogP contribution is -2.23. The van der Waals surface area contributed by atoms with E-state index in [1.165, 1.54) is 12.1 Å². The van der Waals surface area contributed by atoms with Crippen molar-refractivity contribution >= 4 is 11.9 Å². The molecule has 0 unspecified atom stereocenters. The molecule has 1 aromatic heterocycles. The van der Waals surface area contributed by atoms with E-state index in [1.807, 2.05) is 0 Å². The molecule has 0 radical (unpaired) electrons. The third-order valence-corrected chi connectivity index (χ3v) is 2.97. The average molecular weight is 276 g/mol. The molecular weight excluding hydrogens is 263 g/mol. The summed E-state index contributed by atoms with van der Waals surface area (Å²) in [7, 11) is 0. The van der Waals surface area contributed by atoms with E-state index < -0.39 is 17.8 Å². The van der Waals surface area contributed by atoms with Crippen LogP contribution < -0.4 is 5.73 Å². The van der Waals surface area contributed by atoms with Crippen LogP contribution >= 0.6 is 0 Å². The number of rotatable bonds is 5. The summed E-state index contributed by atoms with van der Waals surface area (Å²) in [6.07, 6.45) is 2.93. The Balaban J connectivity index is 2.29. The van der Waals surface area contributed by atoms with Gasteiger partial charge in [-0.2, -0.15) is 0 Å². The van der Waals surface area contributed by atoms with E-state index in [-0.39, 0.29) is 12.2 Å². The van der Waals surface area contributed by atoms with Crippen LogP contribution in [0.1, 0.15) is 17.9 Å². The molecule has 1 heterocycles. The number of nitrogens with zero attached hydrogens (tertiary/aromatic N) is 1. The van der Waals surface area contributed by atoms with Crippen molar-refractivity contribution in [3.8, 4) is 5.69 Å². The molecule has 0 aliphatic carbocycles. The van der Waals surface area contributed by atoms with Gasteiger partial charge in [-0.3, -0.25) is 9.59 Å². The Hall–Kier alpha value is -2.63. The molecule has 0 aliphatic heterocycles. The third kappa shape index (κ3) is 3.03. The van der Waals surface area contributed by atoms with Gasteiger partial charge in [0.2, 0.25) is 5.91 Å². The van der Waals surface area contributed by atoms with Crippen molar-refractivity contribution in [1.29, 1.82) is 0 Å². The molecule has 20 heavy (non-hydrogen) atoms. The van der Waals surface area contributed by atoms with Crippen LogP contribution in [-0.2, 0) is 9.59 Å². The molecule has 2 aromatic rings. The number of carboxylic acids is 1. The van der Waals surface area contributed by atoms with E-state index in [9.17, 15) is 14.0 Å². The number of aliphatic carboxylic acids is 1. The molecule has 1 aromatic carbocycles. The second-order valence-corrected chi connectivity index (χ2v) is 4.38. The molecule has 0 aliphatic rings. The molecule has 6 heteroatoms. The smallest absolute Gasteiger partial charge is 0.304 e. The van der Waals surface area contributed by atoms with Crippen molar-refractivity contribution in [2.75, 3.05) is 0 Å². The monoisotopic (exact) mass is 276 g/mol. The number of hydrogen-bond donors (Lipinski definition) is 2. The van der Waals surface area contributed by atoms with Gasteiger partial charge in [-0.25, -0.2) is 4.39 Å². The van der Waals surface area contributed by atoms with Crippen LogP contribution in [0.4, 0.5) is 4.39 Å². The summed E-state index contributed by atoms with van der Waals surface area (Å²) >= 11 is 0. The van der Waals surface area contributed by atoms with E-state index in [1.54, 1.807) is 35.2 Å². The lowest BCUT2D eigenvalue weighted by Gasteiger charge is -2.08. The summed E-state index contributed by atoms with van der Waals surface area (Å²) in [4.78, 5) is 22.1. The van der Waals surface area contributed by atoms with Gasteiger partial charge in [-0.15, -0.1) is 0 Å². The second-order valence-electron chi connectivity index (χ2n) is 4.38. The van der Waals surface area contributed by atoms with E-state index >= 15 is 0 Å². The van der Waals surface area contributed by atoms with Crippen LogP contribution in [0.25, 0.3) is 5.69 Å². The first kappa shape index (κ1) is 13.8. The quantitative estimate of drug-likeness (QED) is 0.870. The Kier molecular flexibility index (Phi) is 3.84. The van der Waals surface area contributed by atoms with E-state index in [0.717, 1.165) is 0 Å². The maximum atomic E-state index is 12.8. The molecule has 0 saturated heterocycles. The van der Waals surface area contributed by atoms with Crippen molar-refractivity contribution < 1.29 is 19.1 Å². The summed E-state index contributed by atoms with van der Waals surface area (Å²) in [6, 6.07) is 7.42. The van der Waals surface area contributed by atoms with E-state index in [2.05, 4.69) is 0 Å². The lowest BCUT2D eigenvalue weighted by atomic mass is 9.98. The van der Waals surface area contributed by atoms with Crippen LogP contribution in [0.5, 0.6) is 0 Å². The molecule has 1 atom stereocenters. The number of halogens is 1. The van der Waals surface area contributed by atoms with Gasteiger partial charge in [0, 0.05) is 18.1 Å². The fraction of sp³-hybridized carbons (Fsp3) is 0.143. The molecular formula is C14H13FN2O3. The molecule has 0 bridgehead atoms. The first-order chi connectivity index (χ1) is 9.47. The number of carboxylic acid groups (broad SMARTS) is 1. The van der Waals surface area contributed by atoms with Gasteiger partial charge in [-0.05, 0) is 35.9 Å². The van der Waals surface area contributed by atoms with Crippen molar-refractivity contribution in [2.45, 2.75) is 12.3 Å². The zero-order valence-corrected chi connectivity index (χ0v) is 10.5. The molecule has 1 amide bonds. The second kappa shape index (κ2) is 5.56. The van der Waals surface area contributed by atoms with Gasteiger partial charge in [0.15, 0.2) is 0 Å². The highest BCUT2D eigenvalue weighted by Gasteiger charge is 2.22. The summed E-state index contributed by atoms with van der Waals surface area (Å²) in [5.74, 6) is -3.01. The zero-order valence-electron chi connectivity index (χ0n) is 10.5. The Morgan fingerprint density at radius 1 is 1.25 bits per heavy atom. The van der Waals surface area contributed by atoms with Crippen molar-refractivity contribution in [1.82, 2.24) is 4.57 Å². The molecule has 104 valence electrons. The highest BCUT2D eigenvalue weighted by molar-refractivity contribution is 5.86. The first-order valence-corrected chi connectivity index (χ1v) is 5.92. The van der Waals surface area contributed by atoms with Crippen molar-refractivity contribution in [3.05, 3.63) is 54.1 Å². The normalized spacial score (nSPS) is 12.1. The van der Waals surface area contributed by atoms with Crippen LogP contribution in [0.3, 0.4) is 0 Å². The Bertz CT molecular complexity index is 634. The molecule has 0 saturated carbocycles. The van der Waals surface area contributed by atoms with Crippen molar-refractivity contribution in [3.63, 3.8) is 0 Å². The van der Waals surface area contributed by atoms with Gasteiger partial charge in [0.25, 0.3) is 0 Å². The van der Waals surface area contributed by atoms with Gasteiger partial charge in [-0.1, -0.05) is 0 Å². The standard InChI is InChI=1S/C14H13FN2O3/c15-10-1-3-11(4-2-10)17-6-5-9(8-17)12(14(16)20)7-13(18)19/h1-6,8,12H,7H2,(H2,16,20)(H,18,19)/t12-/m0/s1. The predicted molar refractivity (Wildman–Crippen MR) is 69.9 cm³/mol. The zero-order chi connectivity index (χ0) is 14.7. The number of hydrogen-bond acceptors (Lipinski definition) is 2. The first-order valence-electron chi connectivity index (χ1n) is 5.92. The Morgan fingerprint density at radius 3 is 2.45 bits per heavy atom. The van der Waals surface area contributed by atoms with E-state index in [0.29, 0.717) is 11.3 Å². The number of carbonyl (C=O) groups excluding carboxylic acids is 1. The highest BCUT2D eigenvalue weighted by atomic mass is 19.1. The van der Waals surface area contributed by atoms with Gasteiger partial charge < -0.3 is 15.4 Å². The highest BCUT2D eigenvalue weighted by Crippen LogP contribution is 2.22. The molecule has 3 N–H and O–H groups in total. The molecule has 0 spiro atoms. The fourth-order valence-electron chi connectivity index (χ4n) is 1.95. The number of amides is 1. The fourth-order valence-corrected chi connectivity index (χ4v) is 1.95. The van der Waals surface area contributed by atoms with Crippen LogP contribution in [0.15, 0.2) is 42.7 Å². The number of aromatic nitrogens is 1. The topological polar surface area (TPSA) is 85.3 Å². The molecule has 0 fully saturated rings. The summed E-state index contributed by atoms with van der Waals surface area (Å²) < 4.78 is 14.5. The minimum Gasteiger partial charge on any atom is -0.481 e. The van der Waals surface area contributed by atoms with Crippen LogP contribution in [0, 0.1) is 5.82 Å². The average Bonchev–Trinajstić information content (AvgIpc) is 2.85. The van der Waals surface area contributed by atoms with Crippen molar-refractivity contribution in [2.24, 2.45) is 5.73 Å². The number of primary amides is 1. The SMILES string of the molecule is NC(=O)[C@@H](CC(=O)O)c1ccn(-c2ccc(F)cc2)c1. The minimum atomic E-state index is -1.09. The maximum absolute atomic E-state index is 12.8. The Morgan fingerprint density at radius 2 is 1.90 bits per heavy atom. The Labute approximate surface area is 114 Å². The number of benzene rings is 1. The van der Waals surface area contributed by atoms with Gasteiger partial charge >= 0.3 is 5.97 Å². The minimum absolute atomic E-state index is 0.345. The maximum Gasteiger partial charge on any atom is 0.304 e. The van der Waals surface area contributed by atoms with Crippen LogP contribution in [-0.4, -0.2) is 21.6 Å². The summed E-state index contributed by atoms with van der Waals surface area (Å²) in [6.45, 7) is 0. The van der Waals surface area contributed by atoms with Crippen LogP contribution in [0.2, 0.25) is 0 Å². The summed E-state index contributed by atoms with van der Waals surface area (Å²) in [5.41, 5.74) is 6.45. The predicted octanol–water partition coefficient (Wildman–Crippen LogP) is 1.66.